The second-order valence-electron chi connectivity index (χ2n) is 9.54. The van der Waals surface area contributed by atoms with E-state index < -0.39 is 6.04 Å². The number of piperazine rings is 1. The topological polar surface area (TPSA) is 112 Å². The maximum atomic E-state index is 12.7. The van der Waals surface area contributed by atoms with Gasteiger partial charge in [0.25, 0.3) is 0 Å². The average molecular weight is 544 g/mol. The summed E-state index contributed by atoms with van der Waals surface area (Å²) in [5.74, 6) is 1.26. The first-order chi connectivity index (χ1) is 19.0. The highest BCUT2D eigenvalue weighted by atomic mass is 32.2. The quantitative estimate of drug-likeness (QED) is 0.277. The predicted molar refractivity (Wildman–Crippen MR) is 154 cm³/mol. The van der Waals surface area contributed by atoms with E-state index >= 15 is 0 Å². The van der Waals surface area contributed by atoms with Gasteiger partial charge in [0, 0.05) is 55.1 Å². The van der Waals surface area contributed by atoms with E-state index in [-0.39, 0.29) is 5.91 Å². The minimum Gasteiger partial charge on any atom is -0.472 e. The molecule has 1 saturated heterocycles. The zero-order valence-electron chi connectivity index (χ0n) is 21.9. The molecule has 2 aromatic heterocycles. The van der Waals surface area contributed by atoms with E-state index in [2.05, 4.69) is 44.3 Å². The molecule has 1 unspecified atom stereocenters. The van der Waals surface area contributed by atoms with Gasteiger partial charge >= 0.3 is 0 Å². The number of likely N-dealkylation sites (N-methyl/N-ethyl adjacent to an activating group) is 1. The molecule has 202 valence electrons. The van der Waals surface area contributed by atoms with Gasteiger partial charge in [-0.1, -0.05) is 48.2 Å². The number of amides is 1. The van der Waals surface area contributed by atoms with Gasteiger partial charge in [-0.05, 0) is 42.9 Å². The van der Waals surface area contributed by atoms with E-state index in [0.29, 0.717) is 24.6 Å². The number of aromatic nitrogens is 3. The maximum absolute atomic E-state index is 12.7. The lowest BCUT2D eigenvalue weighted by atomic mass is 10.1. The minimum atomic E-state index is -0.689. The highest BCUT2D eigenvalue weighted by molar-refractivity contribution is 7.99. The summed E-state index contributed by atoms with van der Waals surface area (Å²) in [5.41, 5.74) is 8.68. The van der Waals surface area contributed by atoms with E-state index in [0.717, 1.165) is 53.0 Å². The summed E-state index contributed by atoms with van der Waals surface area (Å²) in [4.78, 5) is 31.0. The Hall–Kier alpha value is -3.86. The number of anilines is 2. The minimum absolute atomic E-state index is 0.253. The Morgan fingerprint density at radius 2 is 1.92 bits per heavy atom. The Bertz CT molecular complexity index is 1360. The fourth-order valence-electron chi connectivity index (χ4n) is 4.26. The fourth-order valence-corrected chi connectivity index (χ4v) is 5.18. The number of carbonyl (C=O) groups excluding carboxylic acids is 1. The normalized spacial score (nSPS) is 14.7. The van der Waals surface area contributed by atoms with Crippen molar-refractivity contribution in [3.05, 3.63) is 90.5 Å². The molecule has 4 N–H and O–H groups in total. The van der Waals surface area contributed by atoms with E-state index in [4.69, 9.17) is 15.5 Å². The number of nitrogens with two attached hydrogens (primary N) is 1. The molecule has 1 aliphatic rings. The molecular formula is C29H33N7O2S. The predicted octanol–water partition coefficient (Wildman–Crippen LogP) is 3.80. The molecule has 0 bridgehead atoms. The molecule has 4 aromatic rings. The second-order valence-corrected chi connectivity index (χ2v) is 10.7. The van der Waals surface area contributed by atoms with Crippen molar-refractivity contribution in [3.8, 4) is 5.88 Å². The summed E-state index contributed by atoms with van der Waals surface area (Å²) in [7, 11) is 2.14. The van der Waals surface area contributed by atoms with Crippen LogP contribution in [0.15, 0.2) is 89.0 Å². The first-order valence-electron chi connectivity index (χ1n) is 13.0. The number of nitrogens with one attached hydrogen (secondary N) is 2. The number of rotatable bonds is 10. The van der Waals surface area contributed by atoms with Gasteiger partial charge < -0.3 is 30.6 Å². The highest BCUT2D eigenvalue weighted by Crippen LogP contribution is 2.36. The van der Waals surface area contributed by atoms with Crippen LogP contribution in [0.25, 0.3) is 0 Å². The van der Waals surface area contributed by atoms with Crippen LogP contribution in [0.4, 0.5) is 11.5 Å². The zero-order chi connectivity index (χ0) is 27.0. The third kappa shape index (κ3) is 7.38. The van der Waals surface area contributed by atoms with Crippen LogP contribution < -0.4 is 20.7 Å². The first kappa shape index (κ1) is 26.7. The van der Waals surface area contributed by atoms with Crippen molar-refractivity contribution in [1.29, 1.82) is 0 Å². The molecule has 1 atom stereocenters. The van der Waals surface area contributed by atoms with Gasteiger partial charge in [-0.25, -0.2) is 4.98 Å². The fraction of sp³-hybridized carbons (Fsp3) is 0.276. The average Bonchev–Trinajstić information content (AvgIpc) is 3.47. The monoisotopic (exact) mass is 543 g/mol. The number of nitrogens with zero attached hydrogens (tertiary/aromatic N) is 4. The molecular weight excluding hydrogens is 510 g/mol. The van der Waals surface area contributed by atoms with Crippen LogP contribution in [0, 0.1) is 0 Å². The van der Waals surface area contributed by atoms with Crippen molar-refractivity contribution in [3.63, 3.8) is 0 Å². The molecule has 1 amide bonds. The van der Waals surface area contributed by atoms with Gasteiger partial charge in [0.2, 0.25) is 11.8 Å². The van der Waals surface area contributed by atoms with Crippen molar-refractivity contribution >= 4 is 29.2 Å². The SMILES string of the molecule is CN1CCN(c2ccc(Sc3cccc(NC(=O)C(N)Cc4cnc[nH]4)c3)c(OCc3ccccc3)n2)CC1. The lowest BCUT2D eigenvalue weighted by Crippen LogP contribution is -2.44. The molecule has 39 heavy (non-hydrogen) atoms. The molecule has 0 spiro atoms. The summed E-state index contributed by atoms with van der Waals surface area (Å²) >= 11 is 1.55. The van der Waals surface area contributed by atoms with Crippen molar-refractivity contribution < 1.29 is 9.53 Å². The molecule has 9 nitrogen and oxygen atoms in total. The van der Waals surface area contributed by atoms with Crippen molar-refractivity contribution in [1.82, 2.24) is 19.9 Å². The number of benzene rings is 2. The summed E-state index contributed by atoms with van der Waals surface area (Å²) < 4.78 is 6.26. The lowest BCUT2D eigenvalue weighted by molar-refractivity contribution is -0.117. The maximum Gasteiger partial charge on any atom is 0.241 e. The summed E-state index contributed by atoms with van der Waals surface area (Å²) in [5, 5.41) is 2.93. The number of pyridine rings is 1. The molecule has 10 heteroatoms. The Morgan fingerprint density at radius 3 is 2.69 bits per heavy atom. The van der Waals surface area contributed by atoms with Crippen LogP contribution >= 0.6 is 11.8 Å². The molecule has 1 fully saturated rings. The van der Waals surface area contributed by atoms with E-state index in [1.807, 2.05) is 54.6 Å². The summed E-state index contributed by atoms with van der Waals surface area (Å²) in [6, 6.07) is 21.2. The van der Waals surface area contributed by atoms with Gasteiger partial charge in [-0.2, -0.15) is 4.98 Å². The Kier molecular flexibility index (Phi) is 8.77. The van der Waals surface area contributed by atoms with Crippen molar-refractivity contribution in [2.45, 2.75) is 28.9 Å². The summed E-state index contributed by atoms with van der Waals surface area (Å²) in [6.45, 7) is 4.29. The smallest absolute Gasteiger partial charge is 0.241 e. The summed E-state index contributed by atoms with van der Waals surface area (Å²) in [6.07, 6.45) is 3.63. The molecule has 5 rings (SSSR count). The van der Waals surface area contributed by atoms with Crippen molar-refractivity contribution in [2.24, 2.45) is 5.73 Å². The van der Waals surface area contributed by atoms with E-state index in [9.17, 15) is 4.79 Å². The highest BCUT2D eigenvalue weighted by Gasteiger charge is 2.19. The number of hydrogen-bond acceptors (Lipinski definition) is 8. The number of carbonyl (C=O) groups is 1. The van der Waals surface area contributed by atoms with Gasteiger partial charge in [-0.3, -0.25) is 4.79 Å². The third-order valence-electron chi connectivity index (χ3n) is 6.52. The van der Waals surface area contributed by atoms with E-state index in [1.165, 1.54) is 0 Å². The van der Waals surface area contributed by atoms with Crippen LogP contribution in [0.3, 0.4) is 0 Å². The van der Waals surface area contributed by atoms with Gasteiger partial charge in [0.15, 0.2) is 0 Å². The van der Waals surface area contributed by atoms with Crippen LogP contribution in [-0.4, -0.2) is 65.0 Å². The largest absolute Gasteiger partial charge is 0.472 e. The first-order valence-corrected chi connectivity index (χ1v) is 13.8. The van der Waals surface area contributed by atoms with Crippen LogP contribution in [0.2, 0.25) is 0 Å². The van der Waals surface area contributed by atoms with Gasteiger partial charge in [0.05, 0.1) is 17.3 Å². The molecule has 0 aliphatic carbocycles. The van der Waals surface area contributed by atoms with Gasteiger partial charge in [-0.15, -0.1) is 0 Å². The third-order valence-corrected chi connectivity index (χ3v) is 7.54. The zero-order valence-corrected chi connectivity index (χ0v) is 22.7. The lowest BCUT2D eigenvalue weighted by Gasteiger charge is -2.33. The van der Waals surface area contributed by atoms with Crippen LogP contribution in [-0.2, 0) is 17.8 Å². The number of imidazole rings is 1. The Morgan fingerprint density at radius 1 is 1.10 bits per heavy atom. The Labute approximate surface area is 232 Å². The second kappa shape index (κ2) is 12.8. The van der Waals surface area contributed by atoms with Gasteiger partial charge in [0.1, 0.15) is 12.4 Å². The number of aromatic amines is 1. The molecule has 0 radical (unpaired) electrons. The number of H-pyrrole nitrogens is 1. The van der Waals surface area contributed by atoms with E-state index in [1.54, 1.807) is 24.3 Å². The molecule has 3 heterocycles. The Balaban J connectivity index is 1.31. The molecule has 1 aliphatic heterocycles. The standard InChI is InChI=1S/C29H33N7O2S/c1-35-12-14-36(15-13-35)27-11-10-26(29(34-27)38-19-21-6-3-2-4-7-21)39-24-9-5-8-22(16-24)33-28(37)25(30)17-23-18-31-20-32-23/h2-11,16,18,20,25H,12-15,17,19,30H2,1H3,(H,31,32)(H,33,37). The number of hydrogen-bond donors (Lipinski definition) is 3. The van der Waals surface area contributed by atoms with Crippen molar-refractivity contribution in [2.75, 3.05) is 43.4 Å². The van der Waals surface area contributed by atoms with Crippen LogP contribution in [0.1, 0.15) is 11.3 Å². The van der Waals surface area contributed by atoms with Crippen LogP contribution in [0.5, 0.6) is 5.88 Å². The number of ether oxygens (including phenoxy) is 1. The molecule has 0 saturated carbocycles. The molecule has 2 aromatic carbocycles.